The fourth-order valence-electron chi connectivity index (χ4n) is 29.2. The Morgan fingerprint density at radius 2 is 0.422 bits per heavy atom. The van der Waals surface area contributed by atoms with E-state index < -0.39 is 45.5 Å². The molecule has 9 heteroatoms. The predicted octanol–water partition coefficient (Wildman–Crippen LogP) is 29.8. The van der Waals surface area contributed by atoms with Crippen molar-refractivity contribution in [2.24, 2.45) is 139 Å². The molecule has 0 atom stereocenters. The molecular formula is C93H150Cl6O3. The second kappa shape index (κ2) is 33.8. The van der Waals surface area contributed by atoms with Gasteiger partial charge in [-0.1, -0.05) is 246 Å². The van der Waals surface area contributed by atoms with Crippen molar-refractivity contribution < 1.29 is 14.4 Å². The summed E-state index contributed by atoms with van der Waals surface area (Å²) >= 11 is 43.6. The molecule has 0 radical (unpaired) electrons. The highest BCUT2D eigenvalue weighted by Crippen LogP contribution is 2.78. The Kier molecular flexibility index (Phi) is 26.8. The summed E-state index contributed by atoms with van der Waals surface area (Å²) in [5.41, 5.74) is -2.59. The molecule has 3 nitrogen and oxygen atoms in total. The summed E-state index contributed by atoms with van der Waals surface area (Å²) < 4.78 is -2.48. The maximum atomic E-state index is 14.0. The van der Waals surface area contributed by atoms with Gasteiger partial charge in [-0.15, -0.1) is 0 Å². The Bertz CT molecular complexity index is 2670. The molecule has 0 saturated heterocycles. The van der Waals surface area contributed by atoms with Gasteiger partial charge in [-0.3, -0.25) is 14.4 Å². The zero-order chi connectivity index (χ0) is 71.9. The van der Waals surface area contributed by atoms with E-state index in [-0.39, 0.29) is 0 Å². The number of rotatable bonds is 15. The van der Waals surface area contributed by atoms with Crippen molar-refractivity contribution in [3.8, 4) is 0 Å². The van der Waals surface area contributed by atoms with Gasteiger partial charge in [0.05, 0.1) is 32.5 Å². The van der Waals surface area contributed by atoms with Crippen LogP contribution in [0.25, 0.3) is 0 Å². The van der Waals surface area contributed by atoms with Crippen molar-refractivity contribution in [3.63, 3.8) is 0 Å². The van der Waals surface area contributed by atoms with E-state index >= 15 is 0 Å². The van der Waals surface area contributed by atoms with Gasteiger partial charge in [-0.05, 0) is 338 Å². The van der Waals surface area contributed by atoms with Crippen LogP contribution in [0.4, 0.5) is 0 Å². The fraction of sp³-hybridized carbons (Fsp3) is 0.968. The quantitative estimate of drug-likeness (QED) is 0.121. The molecule has 0 unspecified atom stereocenters. The van der Waals surface area contributed by atoms with E-state index in [1.807, 2.05) is 0 Å². The zero-order valence-electron chi connectivity index (χ0n) is 66.2. The first-order valence-corrected chi connectivity index (χ1v) is 48.1. The largest absolute Gasteiger partial charge is 0.298 e. The van der Waals surface area contributed by atoms with Crippen LogP contribution in [0.2, 0.25) is 0 Å². The summed E-state index contributed by atoms with van der Waals surface area (Å²) in [5.74, 6) is 17.3. The van der Waals surface area contributed by atoms with Crippen LogP contribution in [0, 0.1) is 139 Å². The second-order valence-electron chi connectivity index (χ2n) is 40.7. The number of hydrogen-bond acceptors (Lipinski definition) is 3. The third kappa shape index (κ3) is 14.7. The molecule has 6 spiro atoms. The molecule has 15 aliphatic carbocycles. The summed E-state index contributed by atoms with van der Waals surface area (Å²) in [6.07, 6.45) is 71.8. The molecule has 0 aromatic rings. The lowest BCUT2D eigenvalue weighted by Gasteiger charge is -2.67. The van der Waals surface area contributed by atoms with Crippen molar-refractivity contribution in [1.29, 1.82) is 0 Å². The number of alkyl halides is 6. The zero-order valence-corrected chi connectivity index (χ0v) is 70.7. The van der Waals surface area contributed by atoms with Crippen LogP contribution in [-0.2, 0) is 14.4 Å². The van der Waals surface area contributed by atoms with Crippen molar-refractivity contribution in [3.05, 3.63) is 0 Å². The van der Waals surface area contributed by atoms with Crippen molar-refractivity contribution in [2.45, 2.75) is 421 Å². The molecule has 0 N–H and O–H groups in total. The Morgan fingerprint density at radius 1 is 0.235 bits per heavy atom. The average Bonchev–Trinajstić information content (AvgIpc) is 0.678. The van der Waals surface area contributed by atoms with Crippen LogP contribution in [0.15, 0.2) is 0 Å². The number of carbonyl (C=O) groups excluding carboxylic acids is 3. The summed E-state index contributed by atoms with van der Waals surface area (Å²) in [6, 6.07) is 0. The van der Waals surface area contributed by atoms with E-state index in [1.165, 1.54) is 289 Å². The van der Waals surface area contributed by atoms with E-state index in [9.17, 15) is 14.4 Å². The number of ketones is 3. The first kappa shape index (κ1) is 80.8. The monoisotopic (exact) mass is 1520 g/mol. The maximum Gasteiger partial charge on any atom is 0.151 e. The third-order valence-electron chi connectivity index (χ3n) is 36.7. The van der Waals surface area contributed by atoms with E-state index in [0.29, 0.717) is 17.3 Å². The summed E-state index contributed by atoms with van der Waals surface area (Å²) in [5, 5.41) is 0. The molecule has 0 aliphatic heterocycles. The van der Waals surface area contributed by atoms with Crippen LogP contribution < -0.4 is 0 Å². The lowest BCUT2D eigenvalue weighted by atomic mass is 9.41. The van der Waals surface area contributed by atoms with E-state index in [0.717, 1.165) is 184 Å². The molecule has 0 amide bonds. The lowest BCUT2D eigenvalue weighted by molar-refractivity contribution is -0.174. The highest BCUT2D eigenvalue weighted by atomic mass is 35.5. The van der Waals surface area contributed by atoms with Gasteiger partial charge in [-0.2, -0.15) is 0 Å². The van der Waals surface area contributed by atoms with Crippen LogP contribution in [0.5, 0.6) is 0 Å². The molecule has 15 fully saturated rings. The number of halogens is 6. The summed E-state index contributed by atoms with van der Waals surface area (Å²) in [6.45, 7) is 14.1. The third-order valence-corrected chi connectivity index (χ3v) is 41.0. The van der Waals surface area contributed by atoms with Gasteiger partial charge in [0.2, 0.25) is 0 Å². The molecule has 0 heterocycles. The van der Waals surface area contributed by atoms with Gasteiger partial charge in [0, 0.05) is 0 Å². The highest BCUT2D eigenvalue weighted by molar-refractivity contribution is 6.56. The Labute approximate surface area is 656 Å². The SMILES string of the molecule is CCCC1CCC(C2CCC3(CC2)C(=O)C2(CCC(C4CCC(CC)CC4)CC2)C3(Cl)Cl)CC1.CCCCCC1CCC(C2CCC3(CC2)C(=O)C2(CCC(C4CCC(CC)CC4)CC2)C3(Cl)Cl)CC1.CC[C@H]1CC[C@H]([C@H]2CC[C@@]3(CC2)C(=O)[C@]2(CC[C@H]([C@H]4CC[C@H](C)CC4)CC2)C3(Cl)Cl)CC1. The molecule has 0 aromatic heterocycles. The molecule has 102 heavy (non-hydrogen) atoms. The lowest BCUT2D eigenvalue weighted by Crippen LogP contribution is -2.74. The Hall–Kier alpha value is 0.750. The fourth-order valence-corrected chi connectivity index (χ4v) is 32.5. The van der Waals surface area contributed by atoms with Crippen molar-refractivity contribution in [1.82, 2.24) is 0 Å². The molecular weight excluding hydrogens is 1380 g/mol. The van der Waals surface area contributed by atoms with Gasteiger partial charge in [0.1, 0.15) is 13.0 Å². The molecule has 0 bridgehead atoms. The predicted molar refractivity (Wildman–Crippen MR) is 433 cm³/mol. The second-order valence-corrected chi connectivity index (χ2v) is 44.6. The minimum absolute atomic E-state index is 0.430. The number of unbranched alkanes of at least 4 members (excludes halogenated alkanes) is 2. The number of Topliss-reactive ketones (excluding diaryl/α,β-unsaturated/α-hetero) is 3. The van der Waals surface area contributed by atoms with E-state index in [4.69, 9.17) is 69.6 Å². The van der Waals surface area contributed by atoms with Gasteiger partial charge < -0.3 is 0 Å². The number of carbonyl (C=O) groups is 3. The standard InChI is InChI=1S/C33H54Cl2O.C31H50Cl2O.C29H46Cl2O/c1-3-5-6-7-25-10-14-27(15-11-25)29-18-22-32(23-19-29)30(36)31(33(32,34)35)20-16-28(17-21-31)26-12-8-24(4-2)9-13-26;1-3-5-23-8-12-25(13-9-23)27-16-20-30(21-17-27)28(34)29(31(30,32)33)18-14-26(15-19-29)24-10-6-22(4-2)7-11-24;1-3-21-6-10-23(11-7-21)25-14-18-28(19-15-25)26(32)27(29(28,30)31)16-12-24(13-17-27)22-8-4-20(2)5-9-22/h24-29H,3-23H2,1-2H3;22-27H,3-21H2,1-2H3;20-25H,3-19H2,1-2H3/t;;20-,21-,22-,23-,24-,25-,27+,28+. The minimum atomic E-state index is -0.830. The van der Waals surface area contributed by atoms with Crippen LogP contribution >= 0.6 is 69.6 Å². The van der Waals surface area contributed by atoms with Gasteiger partial charge in [-0.25, -0.2) is 0 Å². The molecule has 15 rings (SSSR count). The summed E-state index contributed by atoms with van der Waals surface area (Å²) in [4.78, 5) is 41.8. The van der Waals surface area contributed by atoms with Crippen LogP contribution in [0.3, 0.4) is 0 Å². The Morgan fingerprint density at radius 3 is 0.608 bits per heavy atom. The first-order valence-electron chi connectivity index (χ1n) is 45.8. The first-order chi connectivity index (χ1) is 49.1. The summed E-state index contributed by atoms with van der Waals surface area (Å²) in [7, 11) is 0. The van der Waals surface area contributed by atoms with Gasteiger partial charge >= 0.3 is 0 Å². The minimum Gasteiger partial charge on any atom is -0.298 e. The van der Waals surface area contributed by atoms with E-state index in [2.05, 4.69) is 41.5 Å². The normalized spacial score (nSPS) is 47.0. The van der Waals surface area contributed by atoms with E-state index in [1.54, 1.807) is 0 Å². The van der Waals surface area contributed by atoms with Crippen LogP contribution in [-0.4, -0.2) is 30.3 Å². The topological polar surface area (TPSA) is 51.2 Å². The van der Waals surface area contributed by atoms with Crippen LogP contribution in [0.1, 0.15) is 408 Å². The molecule has 15 aliphatic rings. The average molecular weight is 1530 g/mol. The van der Waals surface area contributed by atoms with Gasteiger partial charge in [0.15, 0.2) is 17.3 Å². The molecule has 0 aromatic carbocycles. The van der Waals surface area contributed by atoms with Crippen molar-refractivity contribution >= 4 is 87.0 Å². The number of hydrogen-bond donors (Lipinski definition) is 0. The Balaban J connectivity index is 0.000000137. The van der Waals surface area contributed by atoms with Gasteiger partial charge in [0.25, 0.3) is 0 Å². The highest BCUT2D eigenvalue weighted by Gasteiger charge is 2.82. The van der Waals surface area contributed by atoms with Crippen molar-refractivity contribution in [2.75, 3.05) is 0 Å². The molecule has 15 saturated carbocycles. The smallest absolute Gasteiger partial charge is 0.151 e. The molecule has 582 valence electrons. The maximum absolute atomic E-state index is 14.0.